The molecule has 0 aromatic carbocycles. The van der Waals surface area contributed by atoms with Crippen molar-refractivity contribution in [1.82, 2.24) is 0 Å². The molecular weight excluding hydrogens is 184 g/mol. The van der Waals surface area contributed by atoms with Gasteiger partial charge in [0.15, 0.2) is 0 Å². The summed E-state index contributed by atoms with van der Waals surface area (Å²) >= 11 is 0. The number of carbonyl (C=O) groups is 1. The minimum Gasteiger partial charge on any atom is -0.462 e. The molecule has 1 atom stereocenters. The minimum atomic E-state index is -2.92. The highest BCUT2D eigenvalue weighted by Crippen LogP contribution is 1.98. The maximum absolute atomic E-state index is 11.5. The van der Waals surface area contributed by atoms with E-state index in [0.717, 1.165) is 0 Å². The molecule has 0 unspecified atom stereocenters. The van der Waals surface area contributed by atoms with Crippen molar-refractivity contribution in [3.63, 3.8) is 0 Å². The van der Waals surface area contributed by atoms with Crippen LogP contribution < -0.4 is 5.73 Å². The van der Waals surface area contributed by atoms with Crippen LogP contribution in [-0.2, 0) is 14.3 Å². The van der Waals surface area contributed by atoms with Crippen molar-refractivity contribution in [2.45, 2.75) is 32.6 Å². The molecule has 0 bridgehead atoms. The van der Waals surface area contributed by atoms with E-state index in [1.165, 1.54) is 0 Å². The van der Waals surface area contributed by atoms with Gasteiger partial charge in [-0.25, -0.2) is 0 Å². The van der Waals surface area contributed by atoms with Crippen molar-refractivity contribution in [1.29, 1.82) is 0 Å². The van der Waals surface area contributed by atoms with Gasteiger partial charge in [0.25, 0.3) is 0 Å². The summed E-state index contributed by atoms with van der Waals surface area (Å²) in [5.74, 6) is -0.740. The molecule has 0 aromatic heterocycles. The number of rotatable bonds is 5. The molecule has 0 heterocycles. The summed E-state index contributed by atoms with van der Waals surface area (Å²) in [6.07, 6.45) is -0.315. The summed E-state index contributed by atoms with van der Waals surface area (Å²) in [7, 11) is 0. The Morgan fingerprint density at radius 1 is 1.46 bits per heavy atom. The van der Waals surface area contributed by atoms with E-state index in [4.69, 9.17) is 5.73 Å². The van der Waals surface area contributed by atoms with Crippen LogP contribution in [0.15, 0.2) is 0 Å². The number of ether oxygens (including phenoxy) is 2. The Balaban J connectivity index is 3.69. The quantitative estimate of drug-likeness (QED) is 0.652. The fraction of sp³-hybridized carbons (Fsp3) is 0.857. The lowest BCUT2D eigenvalue weighted by Gasteiger charge is -2.13. The third kappa shape index (κ3) is 6.41. The maximum Gasteiger partial charge on any atom is 0.345 e. The number of nitrogens with two attached hydrogens (primary N) is 1. The zero-order chi connectivity index (χ0) is 10.4. The second-order valence-corrected chi connectivity index (χ2v) is 2.69. The summed E-state index contributed by atoms with van der Waals surface area (Å²) in [5, 5.41) is 0. The Hall–Kier alpha value is -0.750. The Morgan fingerprint density at radius 2 is 2.00 bits per heavy atom. The summed E-state index contributed by atoms with van der Waals surface area (Å²) < 4.78 is 31.5. The molecule has 6 heteroatoms. The summed E-state index contributed by atoms with van der Waals surface area (Å²) in [6, 6.07) is -1.16. The number of esters is 1. The number of hydrogen-bond acceptors (Lipinski definition) is 4. The lowest BCUT2D eigenvalue weighted by atomic mass is 10.3. The topological polar surface area (TPSA) is 61.5 Å². The predicted octanol–water partition coefficient (Wildman–Crippen LogP) is 0.505. The average Bonchev–Trinajstić information content (AvgIpc) is 1.98. The van der Waals surface area contributed by atoms with Gasteiger partial charge < -0.3 is 15.2 Å². The van der Waals surface area contributed by atoms with Crippen LogP contribution in [0.4, 0.5) is 8.78 Å². The third-order valence-corrected chi connectivity index (χ3v) is 1.06. The van der Waals surface area contributed by atoms with Gasteiger partial charge in [-0.05, 0) is 13.8 Å². The summed E-state index contributed by atoms with van der Waals surface area (Å²) in [4.78, 5) is 10.9. The Bertz CT molecular complexity index is 164. The molecular formula is C7H13F2NO3. The number of halogens is 2. The molecule has 13 heavy (non-hydrogen) atoms. The van der Waals surface area contributed by atoms with Gasteiger partial charge >= 0.3 is 12.6 Å². The normalized spacial score (nSPS) is 13.5. The SMILES string of the molecule is CC(C)OC(=O)[C@@H](N)COC(F)F. The van der Waals surface area contributed by atoms with Gasteiger partial charge in [-0.3, -0.25) is 4.79 Å². The fourth-order valence-electron chi connectivity index (χ4n) is 0.564. The lowest BCUT2D eigenvalue weighted by Crippen LogP contribution is -2.38. The first-order valence-corrected chi connectivity index (χ1v) is 3.79. The zero-order valence-corrected chi connectivity index (χ0v) is 7.50. The van der Waals surface area contributed by atoms with Crippen LogP contribution in [0, 0.1) is 0 Å². The van der Waals surface area contributed by atoms with Crippen molar-refractivity contribution in [3.8, 4) is 0 Å². The molecule has 0 aliphatic rings. The molecule has 0 aliphatic carbocycles. The van der Waals surface area contributed by atoms with E-state index >= 15 is 0 Å². The van der Waals surface area contributed by atoms with Crippen LogP contribution >= 0.6 is 0 Å². The molecule has 0 saturated heterocycles. The molecule has 78 valence electrons. The fourth-order valence-corrected chi connectivity index (χ4v) is 0.564. The van der Waals surface area contributed by atoms with Crippen molar-refractivity contribution < 1.29 is 23.0 Å². The molecule has 0 rings (SSSR count). The van der Waals surface area contributed by atoms with Crippen molar-refractivity contribution >= 4 is 5.97 Å². The lowest BCUT2D eigenvalue weighted by molar-refractivity contribution is -0.159. The molecule has 0 saturated carbocycles. The van der Waals surface area contributed by atoms with Crippen molar-refractivity contribution in [3.05, 3.63) is 0 Å². The van der Waals surface area contributed by atoms with Gasteiger partial charge in [0.1, 0.15) is 6.04 Å². The molecule has 4 nitrogen and oxygen atoms in total. The predicted molar refractivity (Wildman–Crippen MR) is 41.2 cm³/mol. The molecule has 0 radical (unpaired) electrons. The maximum atomic E-state index is 11.5. The smallest absolute Gasteiger partial charge is 0.345 e. The zero-order valence-electron chi connectivity index (χ0n) is 7.50. The van der Waals surface area contributed by atoms with Crippen molar-refractivity contribution in [2.75, 3.05) is 6.61 Å². The summed E-state index contributed by atoms with van der Waals surface area (Å²) in [6.45, 7) is -0.182. The van der Waals surface area contributed by atoms with Crippen LogP contribution in [-0.4, -0.2) is 31.3 Å². The molecule has 0 fully saturated rings. The molecule has 0 amide bonds. The first kappa shape index (κ1) is 12.2. The van der Waals surface area contributed by atoms with Gasteiger partial charge in [0.05, 0.1) is 12.7 Å². The summed E-state index contributed by atoms with van der Waals surface area (Å²) in [5.41, 5.74) is 5.18. The van der Waals surface area contributed by atoms with E-state index in [0.29, 0.717) is 0 Å². The molecule has 2 N–H and O–H groups in total. The molecule has 0 aromatic rings. The van der Waals surface area contributed by atoms with Crippen molar-refractivity contribution in [2.24, 2.45) is 5.73 Å². The highest BCUT2D eigenvalue weighted by Gasteiger charge is 2.18. The van der Waals surface area contributed by atoms with Gasteiger partial charge in [-0.2, -0.15) is 8.78 Å². The first-order chi connectivity index (χ1) is 5.93. The Labute approximate surface area is 75.0 Å². The van der Waals surface area contributed by atoms with E-state index in [2.05, 4.69) is 9.47 Å². The molecule has 0 spiro atoms. The van der Waals surface area contributed by atoms with Gasteiger partial charge in [0, 0.05) is 0 Å². The molecule has 0 aliphatic heterocycles. The highest BCUT2D eigenvalue weighted by molar-refractivity contribution is 5.75. The van der Waals surface area contributed by atoms with E-state index in [1.807, 2.05) is 0 Å². The monoisotopic (exact) mass is 197 g/mol. The van der Waals surface area contributed by atoms with Gasteiger partial charge in [-0.15, -0.1) is 0 Å². The standard InChI is InChI=1S/C7H13F2NO3/c1-4(2)13-6(11)5(10)3-12-7(8)9/h4-5,7H,3,10H2,1-2H3/t5-/m0/s1. The van der Waals surface area contributed by atoms with Crippen LogP contribution in [0.25, 0.3) is 0 Å². The third-order valence-electron chi connectivity index (χ3n) is 1.06. The second-order valence-electron chi connectivity index (χ2n) is 2.69. The van der Waals surface area contributed by atoms with E-state index in [9.17, 15) is 13.6 Å². The van der Waals surface area contributed by atoms with E-state index in [-0.39, 0.29) is 6.10 Å². The minimum absolute atomic E-state index is 0.315. The number of hydrogen-bond donors (Lipinski definition) is 1. The average molecular weight is 197 g/mol. The van der Waals surface area contributed by atoms with E-state index in [1.54, 1.807) is 13.8 Å². The van der Waals surface area contributed by atoms with Crippen LogP contribution in [0.3, 0.4) is 0 Å². The van der Waals surface area contributed by atoms with Gasteiger partial charge in [-0.1, -0.05) is 0 Å². The van der Waals surface area contributed by atoms with Gasteiger partial charge in [0.2, 0.25) is 0 Å². The second kappa shape index (κ2) is 5.82. The number of alkyl halides is 2. The number of carbonyl (C=O) groups excluding carboxylic acids is 1. The largest absolute Gasteiger partial charge is 0.462 e. The van der Waals surface area contributed by atoms with E-state index < -0.39 is 25.2 Å². The highest BCUT2D eigenvalue weighted by atomic mass is 19.3. The Morgan fingerprint density at radius 3 is 2.38 bits per heavy atom. The van der Waals surface area contributed by atoms with Crippen LogP contribution in [0.1, 0.15) is 13.8 Å². The first-order valence-electron chi connectivity index (χ1n) is 3.79. The van der Waals surface area contributed by atoms with Crippen LogP contribution in [0.5, 0.6) is 0 Å². The van der Waals surface area contributed by atoms with Crippen LogP contribution in [0.2, 0.25) is 0 Å². The Kier molecular flexibility index (Phi) is 5.48.